The molecule has 0 saturated carbocycles. The Labute approximate surface area is 118 Å². The summed E-state index contributed by atoms with van der Waals surface area (Å²) in [6.45, 7) is 4.09. The molecule has 0 aliphatic rings. The third kappa shape index (κ3) is 3.60. The molecule has 0 atom stereocenters. The van der Waals surface area contributed by atoms with Gasteiger partial charge in [0.25, 0.3) is 0 Å². The molecule has 20 heavy (non-hydrogen) atoms. The zero-order chi connectivity index (χ0) is 14.5. The molecule has 0 unspecified atom stereocenters. The van der Waals surface area contributed by atoms with Gasteiger partial charge in [0.05, 0.1) is 0 Å². The maximum absolute atomic E-state index is 10.5. The fourth-order valence-electron chi connectivity index (χ4n) is 1.94. The van der Waals surface area contributed by atoms with Crippen molar-refractivity contribution in [2.45, 2.75) is 26.7 Å². The Morgan fingerprint density at radius 3 is 2.45 bits per heavy atom. The highest BCUT2D eigenvalue weighted by atomic mass is 16.5. The van der Waals surface area contributed by atoms with Gasteiger partial charge in [-0.05, 0) is 55.2 Å². The van der Waals surface area contributed by atoms with Crippen molar-refractivity contribution in [2.24, 2.45) is 0 Å². The van der Waals surface area contributed by atoms with Gasteiger partial charge in [0, 0.05) is 6.42 Å². The van der Waals surface area contributed by atoms with Crippen molar-refractivity contribution in [1.29, 1.82) is 0 Å². The van der Waals surface area contributed by atoms with Crippen LogP contribution in [0.25, 0.3) is 0 Å². The van der Waals surface area contributed by atoms with Crippen molar-refractivity contribution in [3.05, 3.63) is 59.2 Å². The van der Waals surface area contributed by atoms with Gasteiger partial charge in [-0.2, -0.15) is 0 Å². The van der Waals surface area contributed by atoms with Crippen LogP contribution in [-0.2, 0) is 11.2 Å². The molecule has 0 spiro atoms. The first-order valence-corrected chi connectivity index (χ1v) is 6.61. The van der Waals surface area contributed by atoms with Gasteiger partial charge >= 0.3 is 5.97 Å². The smallest absolute Gasteiger partial charge is 0.303 e. The number of rotatable bonds is 5. The third-order valence-electron chi connectivity index (χ3n) is 3.33. The molecule has 2 aromatic carbocycles. The van der Waals surface area contributed by atoms with Crippen LogP contribution in [0.2, 0.25) is 0 Å². The molecule has 0 aliphatic carbocycles. The minimum atomic E-state index is -0.777. The number of carboxylic acids is 1. The monoisotopic (exact) mass is 270 g/mol. The highest BCUT2D eigenvalue weighted by molar-refractivity contribution is 5.67. The topological polar surface area (TPSA) is 46.5 Å². The molecule has 3 nitrogen and oxygen atoms in total. The minimum Gasteiger partial charge on any atom is -0.481 e. The first-order chi connectivity index (χ1) is 9.56. The van der Waals surface area contributed by atoms with Gasteiger partial charge in [-0.3, -0.25) is 4.79 Å². The van der Waals surface area contributed by atoms with E-state index in [-0.39, 0.29) is 6.42 Å². The van der Waals surface area contributed by atoms with E-state index < -0.39 is 5.97 Å². The molecule has 3 heteroatoms. The van der Waals surface area contributed by atoms with Crippen LogP contribution in [0.5, 0.6) is 11.5 Å². The average Bonchev–Trinajstić information content (AvgIpc) is 2.43. The number of carbonyl (C=O) groups is 1. The lowest BCUT2D eigenvalue weighted by Gasteiger charge is -2.10. The summed E-state index contributed by atoms with van der Waals surface area (Å²) in [6, 6.07) is 13.5. The van der Waals surface area contributed by atoms with Crippen molar-refractivity contribution in [2.75, 3.05) is 0 Å². The molecule has 2 rings (SSSR count). The maximum Gasteiger partial charge on any atom is 0.303 e. The quantitative estimate of drug-likeness (QED) is 0.889. The molecule has 0 aromatic heterocycles. The van der Waals surface area contributed by atoms with E-state index in [4.69, 9.17) is 9.84 Å². The summed E-state index contributed by atoms with van der Waals surface area (Å²) in [4.78, 5) is 10.5. The lowest BCUT2D eigenvalue weighted by Crippen LogP contribution is -1.97. The van der Waals surface area contributed by atoms with Crippen LogP contribution in [0, 0.1) is 13.8 Å². The third-order valence-corrected chi connectivity index (χ3v) is 3.33. The Morgan fingerprint density at radius 2 is 1.80 bits per heavy atom. The van der Waals surface area contributed by atoms with Crippen LogP contribution >= 0.6 is 0 Å². The summed E-state index contributed by atoms with van der Waals surface area (Å²) in [5.74, 6) is 0.835. The van der Waals surface area contributed by atoms with Gasteiger partial charge in [-0.15, -0.1) is 0 Å². The Balaban J connectivity index is 2.07. The van der Waals surface area contributed by atoms with Crippen molar-refractivity contribution in [1.82, 2.24) is 0 Å². The lowest BCUT2D eigenvalue weighted by molar-refractivity contribution is -0.136. The summed E-state index contributed by atoms with van der Waals surface area (Å²) in [6.07, 6.45) is 0.691. The van der Waals surface area contributed by atoms with E-state index in [1.165, 1.54) is 5.56 Å². The number of hydrogen-bond donors (Lipinski definition) is 1. The van der Waals surface area contributed by atoms with Gasteiger partial charge in [0.1, 0.15) is 11.5 Å². The number of aliphatic carboxylic acids is 1. The molecule has 2 aromatic rings. The summed E-state index contributed by atoms with van der Waals surface area (Å²) < 4.78 is 5.85. The SMILES string of the molecule is Cc1cccc(Oc2ccc(CCC(=O)O)cc2)c1C. The molecule has 0 radical (unpaired) electrons. The predicted octanol–water partition coefficient (Wildman–Crippen LogP) is 4.11. The second-order valence-corrected chi connectivity index (χ2v) is 4.84. The predicted molar refractivity (Wildman–Crippen MR) is 78.4 cm³/mol. The Hall–Kier alpha value is -2.29. The van der Waals surface area contributed by atoms with Crippen molar-refractivity contribution < 1.29 is 14.6 Å². The molecular weight excluding hydrogens is 252 g/mol. The molecule has 0 aliphatic heterocycles. The standard InChI is InChI=1S/C17H18O3/c1-12-4-3-5-16(13(12)2)20-15-9-6-14(7-10-15)8-11-17(18)19/h3-7,9-10H,8,11H2,1-2H3,(H,18,19). The van der Waals surface area contributed by atoms with E-state index in [1.807, 2.05) is 43.3 Å². The largest absolute Gasteiger partial charge is 0.481 e. The summed E-state index contributed by atoms with van der Waals surface area (Å²) in [5.41, 5.74) is 3.32. The Morgan fingerprint density at radius 1 is 1.10 bits per heavy atom. The minimum absolute atomic E-state index is 0.150. The van der Waals surface area contributed by atoms with E-state index in [0.717, 1.165) is 22.6 Å². The van der Waals surface area contributed by atoms with Crippen LogP contribution in [0.3, 0.4) is 0 Å². The summed E-state index contributed by atoms with van der Waals surface area (Å²) in [5, 5.41) is 8.66. The fourth-order valence-corrected chi connectivity index (χ4v) is 1.94. The normalized spacial score (nSPS) is 10.3. The molecule has 0 fully saturated rings. The fraction of sp³-hybridized carbons (Fsp3) is 0.235. The Bertz CT molecular complexity index is 600. The van der Waals surface area contributed by atoms with E-state index in [2.05, 4.69) is 13.0 Å². The van der Waals surface area contributed by atoms with Gasteiger partial charge in [-0.25, -0.2) is 0 Å². The molecule has 104 valence electrons. The highest BCUT2D eigenvalue weighted by Crippen LogP contribution is 2.27. The lowest BCUT2D eigenvalue weighted by atomic mass is 10.1. The molecular formula is C17H18O3. The van der Waals surface area contributed by atoms with Crippen LogP contribution in [-0.4, -0.2) is 11.1 Å². The summed E-state index contributed by atoms with van der Waals surface area (Å²) >= 11 is 0. The van der Waals surface area contributed by atoms with Gasteiger partial charge in [0.15, 0.2) is 0 Å². The van der Waals surface area contributed by atoms with Crippen LogP contribution < -0.4 is 4.74 Å². The number of aryl methyl sites for hydroxylation is 2. The first kappa shape index (κ1) is 14.1. The average molecular weight is 270 g/mol. The number of carboxylic acid groups (broad SMARTS) is 1. The van der Waals surface area contributed by atoms with Gasteiger partial charge in [-0.1, -0.05) is 24.3 Å². The molecule has 1 N–H and O–H groups in total. The first-order valence-electron chi connectivity index (χ1n) is 6.61. The second-order valence-electron chi connectivity index (χ2n) is 4.84. The maximum atomic E-state index is 10.5. The number of hydrogen-bond acceptors (Lipinski definition) is 2. The van der Waals surface area contributed by atoms with Crippen LogP contribution in [0.1, 0.15) is 23.1 Å². The zero-order valence-corrected chi connectivity index (χ0v) is 11.7. The summed E-state index contributed by atoms with van der Waals surface area (Å²) in [7, 11) is 0. The molecule has 0 bridgehead atoms. The number of ether oxygens (including phenoxy) is 1. The zero-order valence-electron chi connectivity index (χ0n) is 11.7. The van der Waals surface area contributed by atoms with Gasteiger partial charge in [0.2, 0.25) is 0 Å². The van der Waals surface area contributed by atoms with E-state index in [9.17, 15) is 4.79 Å². The van der Waals surface area contributed by atoms with Crippen molar-refractivity contribution in [3.63, 3.8) is 0 Å². The number of benzene rings is 2. The molecule has 0 heterocycles. The Kier molecular flexibility index (Phi) is 4.41. The highest BCUT2D eigenvalue weighted by Gasteiger charge is 2.04. The van der Waals surface area contributed by atoms with E-state index in [1.54, 1.807) is 0 Å². The second kappa shape index (κ2) is 6.24. The van der Waals surface area contributed by atoms with Crippen LogP contribution in [0.15, 0.2) is 42.5 Å². The van der Waals surface area contributed by atoms with Crippen molar-refractivity contribution >= 4 is 5.97 Å². The molecule has 0 amide bonds. The van der Waals surface area contributed by atoms with Gasteiger partial charge < -0.3 is 9.84 Å². The van der Waals surface area contributed by atoms with Crippen LogP contribution in [0.4, 0.5) is 0 Å². The van der Waals surface area contributed by atoms with E-state index >= 15 is 0 Å². The molecule has 0 saturated heterocycles. The van der Waals surface area contributed by atoms with E-state index in [0.29, 0.717) is 6.42 Å². The van der Waals surface area contributed by atoms with Crippen molar-refractivity contribution in [3.8, 4) is 11.5 Å².